The highest BCUT2D eigenvalue weighted by molar-refractivity contribution is 5.30. The van der Waals surface area contributed by atoms with Gasteiger partial charge in [0.2, 0.25) is 0 Å². The van der Waals surface area contributed by atoms with Gasteiger partial charge in [0, 0.05) is 18.6 Å². The average molecular weight is 287 g/mol. The molecule has 6 heteroatoms. The van der Waals surface area contributed by atoms with Crippen molar-refractivity contribution >= 4 is 0 Å². The molecule has 1 aromatic heterocycles. The van der Waals surface area contributed by atoms with Crippen LogP contribution in [0, 0.1) is 5.41 Å². The minimum absolute atomic E-state index is 0.0467. The molecule has 3 rings (SSSR count). The number of benzene rings is 1. The van der Waals surface area contributed by atoms with Gasteiger partial charge in [0.05, 0.1) is 12.2 Å². The monoisotopic (exact) mass is 287 g/mol. The Morgan fingerprint density at radius 3 is 2.67 bits per heavy atom. The summed E-state index contributed by atoms with van der Waals surface area (Å²) in [4.78, 5) is 0. The third kappa shape index (κ3) is 3.11. The van der Waals surface area contributed by atoms with Crippen molar-refractivity contribution in [1.29, 1.82) is 0 Å². The van der Waals surface area contributed by atoms with Crippen LogP contribution in [-0.2, 0) is 6.54 Å². The molecule has 2 aromatic rings. The van der Waals surface area contributed by atoms with Crippen LogP contribution >= 0.6 is 0 Å². The lowest BCUT2D eigenvalue weighted by molar-refractivity contribution is 0.128. The minimum Gasteiger partial charge on any atom is -0.396 e. The molecule has 0 atom stereocenters. The van der Waals surface area contributed by atoms with E-state index in [4.69, 9.17) is 0 Å². The SMILES string of the molecule is OCC1(CNCc2nnnn2-c2ccccc2)CCCC1. The quantitative estimate of drug-likeness (QED) is 0.837. The molecule has 0 amide bonds. The first kappa shape index (κ1) is 14.2. The van der Waals surface area contributed by atoms with Crippen molar-refractivity contribution in [2.75, 3.05) is 13.2 Å². The molecule has 2 N–H and O–H groups in total. The molecule has 1 aliphatic rings. The van der Waals surface area contributed by atoms with E-state index in [2.05, 4.69) is 20.8 Å². The standard InChI is InChI=1S/C15H21N5O/c21-12-15(8-4-5-9-15)11-16-10-14-17-18-19-20(14)13-6-2-1-3-7-13/h1-3,6-7,16,21H,4-5,8-12H2. The maximum absolute atomic E-state index is 9.62. The zero-order chi connectivity index (χ0) is 14.5. The summed E-state index contributed by atoms with van der Waals surface area (Å²) in [6.07, 6.45) is 4.62. The predicted molar refractivity (Wildman–Crippen MR) is 78.8 cm³/mol. The van der Waals surface area contributed by atoms with Crippen LogP contribution in [0.5, 0.6) is 0 Å². The smallest absolute Gasteiger partial charge is 0.170 e. The molecular formula is C15H21N5O. The first-order chi connectivity index (χ1) is 10.3. The van der Waals surface area contributed by atoms with Crippen LogP contribution in [0.4, 0.5) is 0 Å². The fourth-order valence-electron chi connectivity index (χ4n) is 3.04. The highest BCUT2D eigenvalue weighted by Crippen LogP contribution is 2.36. The average Bonchev–Trinajstić information content (AvgIpc) is 3.18. The van der Waals surface area contributed by atoms with Gasteiger partial charge in [0.15, 0.2) is 5.82 Å². The van der Waals surface area contributed by atoms with E-state index >= 15 is 0 Å². The summed E-state index contributed by atoms with van der Waals surface area (Å²) in [5.41, 5.74) is 1.00. The Labute approximate surface area is 124 Å². The number of nitrogens with one attached hydrogen (secondary N) is 1. The molecule has 0 radical (unpaired) electrons. The van der Waals surface area contributed by atoms with Crippen molar-refractivity contribution in [1.82, 2.24) is 25.5 Å². The number of rotatable bonds is 6. The normalized spacial score (nSPS) is 17.2. The van der Waals surface area contributed by atoms with E-state index in [9.17, 15) is 5.11 Å². The second-order valence-electron chi connectivity index (χ2n) is 5.81. The van der Waals surface area contributed by atoms with Gasteiger partial charge in [0.25, 0.3) is 0 Å². The first-order valence-electron chi connectivity index (χ1n) is 7.47. The van der Waals surface area contributed by atoms with E-state index in [1.54, 1.807) is 4.68 Å². The van der Waals surface area contributed by atoms with Gasteiger partial charge in [-0.15, -0.1) is 5.10 Å². The zero-order valence-corrected chi connectivity index (χ0v) is 12.1. The van der Waals surface area contributed by atoms with Gasteiger partial charge < -0.3 is 10.4 Å². The largest absolute Gasteiger partial charge is 0.396 e. The summed E-state index contributed by atoms with van der Waals surface area (Å²) < 4.78 is 1.74. The van der Waals surface area contributed by atoms with Crippen LogP contribution in [0.1, 0.15) is 31.5 Å². The molecule has 1 aromatic carbocycles. The Kier molecular flexibility index (Phi) is 4.26. The Balaban J connectivity index is 1.63. The lowest BCUT2D eigenvalue weighted by Gasteiger charge is -2.26. The van der Waals surface area contributed by atoms with Crippen molar-refractivity contribution in [3.63, 3.8) is 0 Å². The third-order valence-electron chi connectivity index (χ3n) is 4.32. The van der Waals surface area contributed by atoms with Crippen molar-refractivity contribution < 1.29 is 5.11 Å². The van der Waals surface area contributed by atoms with Gasteiger partial charge in [-0.05, 0) is 35.4 Å². The molecule has 1 aliphatic carbocycles. The fraction of sp³-hybridized carbons (Fsp3) is 0.533. The third-order valence-corrected chi connectivity index (χ3v) is 4.32. The summed E-state index contributed by atoms with van der Waals surface area (Å²) in [5, 5.41) is 24.9. The van der Waals surface area contributed by atoms with E-state index < -0.39 is 0 Å². The van der Waals surface area contributed by atoms with Crippen LogP contribution in [0.2, 0.25) is 0 Å². The van der Waals surface area contributed by atoms with E-state index in [0.717, 1.165) is 30.9 Å². The van der Waals surface area contributed by atoms with Crippen LogP contribution in [-0.4, -0.2) is 38.5 Å². The van der Waals surface area contributed by atoms with Crippen LogP contribution in [0.15, 0.2) is 30.3 Å². The lowest BCUT2D eigenvalue weighted by Crippen LogP contribution is -2.35. The molecule has 1 fully saturated rings. The Hall–Kier alpha value is -1.79. The van der Waals surface area contributed by atoms with Gasteiger partial charge in [-0.2, -0.15) is 4.68 Å². The van der Waals surface area contributed by atoms with Crippen LogP contribution in [0.25, 0.3) is 5.69 Å². The van der Waals surface area contributed by atoms with E-state index in [0.29, 0.717) is 6.54 Å². The van der Waals surface area contributed by atoms with Crippen molar-refractivity contribution in [2.24, 2.45) is 5.41 Å². The summed E-state index contributed by atoms with van der Waals surface area (Å²) in [7, 11) is 0. The maximum atomic E-state index is 9.62. The van der Waals surface area contributed by atoms with E-state index in [-0.39, 0.29) is 12.0 Å². The molecule has 1 saturated carbocycles. The van der Waals surface area contributed by atoms with Gasteiger partial charge >= 0.3 is 0 Å². The maximum Gasteiger partial charge on any atom is 0.170 e. The molecule has 112 valence electrons. The van der Waals surface area contributed by atoms with Crippen molar-refractivity contribution in [2.45, 2.75) is 32.2 Å². The second-order valence-corrected chi connectivity index (χ2v) is 5.81. The topological polar surface area (TPSA) is 75.9 Å². The highest BCUT2D eigenvalue weighted by atomic mass is 16.3. The summed E-state index contributed by atoms with van der Waals surface area (Å²) in [5.74, 6) is 0.785. The summed E-state index contributed by atoms with van der Waals surface area (Å²) in [6.45, 7) is 1.67. The number of hydrogen-bond donors (Lipinski definition) is 2. The van der Waals surface area contributed by atoms with Crippen molar-refractivity contribution in [3.05, 3.63) is 36.2 Å². The molecule has 0 spiro atoms. The number of nitrogens with zero attached hydrogens (tertiary/aromatic N) is 4. The zero-order valence-electron chi connectivity index (χ0n) is 12.1. The van der Waals surface area contributed by atoms with Crippen molar-refractivity contribution in [3.8, 4) is 5.69 Å². The second kappa shape index (κ2) is 6.32. The summed E-state index contributed by atoms with van der Waals surface area (Å²) >= 11 is 0. The first-order valence-corrected chi connectivity index (χ1v) is 7.47. The number of hydrogen-bond acceptors (Lipinski definition) is 5. The number of tetrazole rings is 1. The van der Waals surface area contributed by atoms with Gasteiger partial charge in [-0.3, -0.25) is 0 Å². The Morgan fingerprint density at radius 2 is 1.95 bits per heavy atom. The molecule has 1 heterocycles. The minimum atomic E-state index is 0.0467. The highest BCUT2D eigenvalue weighted by Gasteiger charge is 2.32. The van der Waals surface area contributed by atoms with Crippen LogP contribution in [0.3, 0.4) is 0 Å². The predicted octanol–water partition coefficient (Wildman–Crippen LogP) is 1.30. The number of aliphatic hydroxyl groups is 1. The van der Waals surface area contributed by atoms with E-state index in [1.807, 2.05) is 30.3 Å². The molecule has 21 heavy (non-hydrogen) atoms. The molecule has 0 bridgehead atoms. The van der Waals surface area contributed by atoms with Gasteiger partial charge in [-0.25, -0.2) is 0 Å². The van der Waals surface area contributed by atoms with Crippen LogP contribution < -0.4 is 5.32 Å². The molecule has 0 aliphatic heterocycles. The number of aromatic nitrogens is 4. The Bertz CT molecular complexity index is 562. The van der Waals surface area contributed by atoms with Gasteiger partial charge in [0.1, 0.15) is 0 Å². The summed E-state index contributed by atoms with van der Waals surface area (Å²) in [6, 6.07) is 9.86. The fourth-order valence-corrected chi connectivity index (χ4v) is 3.04. The van der Waals surface area contributed by atoms with E-state index in [1.165, 1.54) is 12.8 Å². The van der Waals surface area contributed by atoms with Gasteiger partial charge in [-0.1, -0.05) is 31.0 Å². The molecular weight excluding hydrogens is 266 g/mol. The molecule has 0 saturated heterocycles. The number of aliphatic hydroxyl groups excluding tert-OH is 1. The Morgan fingerprint density at radius 1 is 1.19 bits per heavy atom. The lowest BCUT2D eigenvalue weighted by atomic mass is 9.87. The molecule has 0 unspecified atom stereocenters. The number of para-hydroxylation sites is 1. The molecule has 6 nitrogen and oxygen atoms in total.